The zero-order valence-electron chi connectivity index (χ0n) is 11.3. The summed E-state index contributed by atoms with van der Waals surface area (Å²) in [6.45, 7) is 1.16. The Balaban J connectivity index is 1.47. The molecule has 1 aliphatic carbocycles. The standard InChI is InChI=1S/C17H17NO2/c1-2-13-5-4-12(8-14(13)3-1)10-18-15-6-7-16-17(9-15)20-11-19-16/h4-9,18H,1-3,10-11H2. The number of nitrogens with one attached hydrogen (secondary N) is 1. The second kappa shape index (κ2) is 4.75. The van der Waals surface area contributed by atoms with E-state index in [2.05, 4.69) is 23.5 Å². The lowest BCUT2D eigenvalue weighted by molar-refractivity contribution is 0.174. The van der Waals surface area contributed by atoms with Crippen molar-refractivity contribution >= 4 is 5.69 Å². The first kappa shape index (κ1) is 11.6. The molecule has 4 rings (SSSR count). The summed E-state index contributed by atoms with van der Waals surface area (Å²) in [4.78, 5) is 0. The summed E-state index contributed by atoms with van der Waals surface area (Å²) in [5.41, 5.74) is 5.45. The minimum Gasteiger partial charge on any atom is -0.454 e. The van der Waals surface area contributed by atoms with Gasteiger partial charge in [-0.05, 0) is 48.1 Å². The molecule has 0 aromatic heterocycles. The third kappa shape index (κ3) is 2.09. The molecule has 0 saturated carbocycles. The lowest BCUT2D eigenvalue weighted by atomic mass is 10.1. The minimum atomic E-state index is 0.323. The lowest BCUT2D eigenvalue weighted by Gasteiger charge is -2.09. The summed E-state index contributed by atoms with van der Waals surface area (Å²) in [5.74, 6) is 1.65. The Hall–Kier alpha value is -2.16. The van der Waals surface area contributed by atoms with Gasteiger partial charge in [-0.3, -0.25) is 0 Å². The van der Waals surface area contributed by atoms with Gasteiger partial charge in [-0.1, -0.05) is 18.2 Å². The first-order chi connectivity index (χ1) is 9.88. The molecule has 0 atom stereocenters. The van der Waals surface area contributed by atoms with E-state index >= 15 is 0 Å². The Morgan fingerprint density at radius 1 is 0.900 bits per heavy atom. The number of rotatable bonds is 3. The number of hydrogen-bond donors (Lipinski definition) is 1. The topological polar surface area (TPSA) is 30.5 Å². The maximum absolute atomic E-state index is 5.39. The molecule has 0 amide bonds. The van der Waals surface area contributed by atoms with Crippen LogP contribution in [0.1, 0.15) is 23.1 Å². The summed E-state index contributed by atoms with van der Waals surface area (Å²) in [5, 5.41) is 3.45. The van der Waals surface area contributed by atoms with E-state index in [1.54, 1.807) is 0 Å². The summed E-state index contributed by atoms with van der Waals surface area (Å²) in [6.07, 6.45) is 3.77. The molecule has 1 aliphatic heterocycles. The van der Waals surface area contributed by atoms with Crippen molar-refractivity contribution in [1.29, 1.82) is 0 Å². The fraction of sp³-hybridized carbons (Fsp3) is 0.294. The van der Waals surface area contributed by atoms with E-state index < -0.39 is 0 Å². The molecule has 3 heteroatoms. The van der Waals surface area contributed by atoms with Gasteiger partial charge in [0.15, 0.2) is 11.5 Å². The van der Waals surface area contributed by atoms with Gasteiger partial charge in [0.1, 0.15) is 0 Å². The van der Waals surface area contributed by atoms with Gasteiger partial charge in [-0.15, -0.1) is 0 Å². The van der Waals surface area contributed by atoms with Crippen molar-refractivity contribution < 1.29 is 9.47 Å². The molecule has 3 nitrogen and oxygen atoms in total. The number of anilines is 1. The smallest absolute Gasteiger partial charge is 0.231 e. The molecule has 20 heavy (non-hydrogen) atoms. The van der Waals surface area contributed by atoms with Crippen LogP contribution in [-0.2, 0) is 19.4 Å². The molecule has 0 saturated heterocycles. The first-order valence-electron chi connectivity index (χ1n) is 7.13. The summed E-state index contributed by atoms with van der Waals surface area (Å²) < 4.78 is 10.7. The largest absolute Gasteiger partial charge is 0.454 e. The van der Waals surface area contributed by atoms with Gasteiger partial charge in [0.2, 0.25) is 6.79 Å². The molecule has 2 aromatic rings. The van der Waals surface area contributed by atoms with Gasteiger partial charge in [-0.25, -0.2) is 0 Å². The second-order valence-corrected chi connectivity index (χ2v) is 5.38. The van der Waals surface area contributed by atoms with E-state index in [0.29, 0.717) is 6.79 Å². The fourth-order valence-corrected chi connectivity index (χ4v) is 2.95. The zero-order valence-corrected chi connectivity index (χ0v) is 11.3. The number of hydrogen-bond acceptors (Lipinski definition) is 3. The van der Waals surface area contributed by atoms with Crippen molar-refractivity contribution in [3.63, 3.8) is 0 Å². The maximum Gasteiger partial charge on any atom is 0.231 e. The van der Waals surface area contributed by atoms with Crippen molar-refractivity contribution in [2.24, 2.45) is 0 Å². The van der Waals surface area contributed by atoms with Crippen molar-refractivity contribution in [3.05, 3.63) is 53.1 Å². The highest BCUT2D eigenvalue weighted by Gasteiger charge is 2.13. The Morgan fingerprint density at radius 3 is 2.80 bits per heavy atom. The van der Waals surface area contributed by atoms with Crippen LogP contribution in [0.15, 0.2) is 36.4 Å². The number of ether oxygens (including phenoxy) is 2. The van der Waals surface area contributed by atoms with Crippen LogP contribution in [-0.4, -0.2) is 6.79 Å². The van der Waals surface area contributed by atoms with E-state index in [9.17, 15) is 0 Å². The molecule has 0 bridgehead atoms. The Bertz CT molecular complexity index is 594. The van der Waals surface area contributed by atoms with Crippen LogP contribution < -0.4 is 14.8 Å². The predicted octanol–water partition coefficient (Wildman–Crippen LogP) is 3.52. The van der Waals surface area contributed by atoms with Crippen molar-refractivity contribution in [3.8, 4) is 11.5 Å². The average molecular weight is 267 g/mol. The van der Waals surface area contributed by atoms with Crippen LogP contribution in [0, 0.1) is 0 Å². The minimum absolute atomic E-state index is 0.323. The van der Waals surface area contributed by atoms with Crippen molar-refractivity contribution in [1.82, 2.24) is 0 Å². The molecule has 1 N–H and O–H groups in total. The summed E-state index contributed by atoms with van der Waals surface area (Å²) in [6, 6.07) is 12.8. The van der Waals surface area contributed by atoms with E-state index in [4.69, 9.17) is 9.47 Å². The summed E-state index contributed by atoms with van der Waals surface area (Å²) >= 11 is 0. The first-order valence-corrected chi connectivity index (χ1v) is 7.13. The van der Waals surface area contributed by atoms with Gasteiger partial charge >= 0.3 is 0 Å². The van der Waals surface area contributed by atoms with E-state index in [0.717, 1.165) is 23.7 Å². The zero-order chi connectivity index (χ0) is 13.4. The number of fused-ring (bicyclic) bond motifs is 2. The summed E-state index contributed by atoms with van der Waals surface area (Å²) in [7, 11) is 0. The Morgan fingerprint density at radius 2 is 1.80 bits per heavy atom. The highest BCUT2D eigenvalue weighted by Crippen LogP contribution is 2.34. The Labute approximate surface area is 118 Å². The van der Waals surface area contributed by atoms with Crippen molar-refractivity contribution in [2.45, 2.75) is 25.8 Å². The van der Waals surface area contributed by atoms with Gasteiger partial charge in [-0.2, -0.15) is 0 Å². The molecular weight excluding hydrogens is 250 g/mol. The van der Waals surface area contributed by atoms with Crippen LogP contribution in [0.4, 0.5) is 5.69 Å². The number of benzene rings is 2. The fourth-order valence-electron chi connectivity index (χ4n) is 2.95. The highest BCUT2D eigenvalue weighted by atomic mass is 16.7. The molecule has 0 spiro atoms. The van der Waals surface area contributed by atoms with E-state index in [1.807, 2.05) is 18.2 Å². The van der Waals surface area contributed by atoms with Crippen LogP contribution in [0.2, 0.25) is 0 Å². The molecule has 2 aliphatic rings. The number of aryl methyl sites for hydroxylation is 2. The quantitative estimate of drug-likeness (QED) is 0.923. The van der Waals surface area contributed by atoms with Gasteiger partial charge in [0.25, 0.3) is 0 Å². The van der Waals surface area contributed by atoms with Gasteiger partial charge in [0, 0.05) is 18.3 Å². The molecule has 0 radical (unpaired) electrons. The lowest BCUT2D eigenvalue weighted by Crippen LogP contribution is -2.00. The van der Waals surface area contributed by atoms with Gasteiger partial charge in [0.05, 0.1) is 0 Å². The van der Waals surface area contributed by atoms with Crippen LogP contribution in [0.5, 0.6) is 11.5 Å². The Kier molecular flexibility index (Phi) is 2.76. The van der Waals surface area contributed by atoms with Crippen LogP contribution in [0.3, 0.4) is 0 Å². The average Bonchev–Trinajstić information content (AvgIpc) is 3.12. The van der Waals surface area contributed by atoms with E-state index in [1.165, 1.54) is 36.0 Å². The molecule has 0 fully saturated rings. The van der Waals surface area contributed by atoms with Crippen molar-refractivity contribution in [2.75, 3.05) is 12.1 Å². The van der Waals surface area contributed by atoms with Crippen LogP contribution >= 0.6 is 0 Å². The molecule has 102 valence electrons. The SMILES string of the molecule is c1cc2c(cc1CNc1ccc3c(c1)OCO3)CCC2. The maximum atomic E-state index is 5.39. The second-order valence-electron chi connectivity index (χ2n) is 5.38. The normalized spacial score (nSPS) is 15.2. The van der Waals surface area contributed by atoms with Crippen LogP contribution in [0.25, 0.3) is 0 Å². The molecule has 1 heterocycles. The molecule has 2 aromatic carbocycles. The molecule has 0 unspecified atom stereocenters. The van der Waals surface area contributed by atoms with E-state index in [-0.39, 0.29) is 0 Å². The molecular formula is C17H17NO2. The van der Waals surface area contributed by atoms with Gasteiger partial charge < -0.3 is 14.8 Å². The monoisotopic (exact) mass is 267 g/mol. The predicted molar refractivity (Wildman–Crippen MR) is 78.4 cm³/mol. The third-order valence-electron chi connectivity index (χ3n) is 4.03. The third-order valence-corrected chi connectivity index (χ3v) is 4.03. The highest BCUT2D eigenvalue weighted by molar-refractivity contribution is 5.55.